The highest BCUT2D eigenvalue weighted by atomic mass is 35.5. The van der Waals surface area contributed by atoms with Crippen molar-refractivity contribution in [1.29, 1.82) is 0 Å². The van der Waals surface area contributed by atoms with Crippen LogP contribution in [0.4, 0.5) is 0 Å². The number of amides is 1. The predicted octanol–water partition coefficient (Wildman–Crippen LogP) is 5.41. The summed E-state index contributed by atoms with van der Waals surface area (Å²) >= 11 is 6.17. The van der Waals surface area contributed by atoms with Gasteiger partial charge >= 0.3 is 0 Å². The molecule has 5 rings (SSSR count). The summed E-state index contributed by atoms with van der Waals surface area (Å²) in [6.45, 7) is 2.97. The van der Waals surface area contributed by atoms with Crippen LogP contribution in [0.15, 0.2) is 58.2 Å². The molecule has 35 heavy (non-hydrogen) atoms. The molecule has 0 radical (unpaired) electrons. The Hall–Kier alpha value is -3.29. The summed E-state index contributed by atoms with van der Waals surface area (Å²) in [5.74, 6) is -1.35. The Balaban J connectivity index is 1.58. The number of hydrogen-bond acceptors (Lipinski definition) is 6. The Morgan fingerprint density at radius 1 is 1.23 bits per heavy atom. The van der Waals surface area contributed by atoms with Crippen LogP contribution in [-0.2, 0) is 16.0 Å². The second kappa shape index (κ2) is 9.40. The van der Waals surface area contributed by atoms with Crippen LogP contribution >= 0.6 is 11.6 Å². The minimum Gasteiger partial charge on any atom is -0.503 e. The number of ketones is 1. The molecular weight excluding hydrogens is 470 g/mol. The van der Waals surface area contributed by atoms with Gasteiger partial charge in [-0.25, -0.2) is 0 Å². The minimum atomic E-state index is -0.760. The third-order valence-electron chi connectivity index (χ3n) is 6.67. The Bertz CT molecular complexity index is 1320. The monoisotopic (exact) mass is 495 g/mol. The number of aryl methyl sites for hydroxylation is 1. The molecule has 8 heteroatoms. The number of furan rings is 1. The first-order chi connectivity index (χ1) is 16.9. The maximum Gasteiger partial charge on any atom is 0.290 e. The van der Waals surface area contributed by atoms with E-state index in [-0.39, 0.29) is 24.0 Å². The number of aliphatic hydroxyl groups is 1. The summed E-state index contributed by atoms with van der Waals surface area (Å²) in [6, 6.07) is 11.8. The zero-order chi connectivity index (χ0) is 24.7. The smallest absolute Gasteiger partial charge is 0.290 e. The average Bonchev–Trinajstić information content (AvgIpc) is 3.59. The molecule has 0 saturated carbocycles. The van der Waals surface area contributed by atoms with Gasteiger partial charge in [0.1, 0.15) is 0 Å². The number of methoxy groups -OCH3 is 1. The fraction of sp³-hybridized carbons (Fsp3) is 0.333. The van der Waals surface area contributed by atoms with Gasteiger partial charge in [0, 0.05) is 29.6 Å². The van der Waals surface area contributed by atoms with Crippen molar-refractivity contribution >= 4 is 34.3 Å². The van der Waals surface area contributed by atoms with E-state index in [1.54, 1.807) is 18.2 Å². The van der Waals surface area contributed by atoms with Gasteiger partial charge in [0.15, 0.2) is 22.9 Å². The van der Waals surface area contributed by atoms with E-state index >= 15 is 0 Å². The lowest BCUT2D eigenvalue weighted by atomic mass is 9.94. The maximum absolute atomic E-state index is 13.8. The lowest BCUT2D eigenvalue weighted by molar-refractivity contribution is -0.131. The SMILES string of the molecule is CCc1ccc(C2C(C(=O)c3cc4cc(Cl)cc(OC)c4o3)=C(O)C(=O)N2CC2CCCO2)cc1. The Morgan fingerprint density at radius 3 is 2.66 bits per heavy atom. The molecule has 2 atom stereocenters. The topological polar surface area (TPSA) is 89.2 Å². The molecule has 7 nitrogen and oxygen atoms in total. The fourth-order valence-electron chi connectivity index (χ4n) is 4.85. The molecule has 3 aromatic rings. The van der Waals surface area contributed by atoms with Gasteiger partial charge in [-0.3, -0.25) is 9.59 Å². The van der Waals surface area contributed by atoms with Gasteiger partial charge in [-0.2, -0.15) is 0 Å². The number of aliphatic hydroxyl groups excluding tert-OH is 1. The van der Waals surface area contributed by atoms with Gasteiger partial charge in [0.25, 0.3) is 5.91 Å². The molecule has 1 aromatic heterocycles. The van der Waals surface area contributed by atoms with E-state index in [0.29, 0.717) is 28.3 Å². The van der Waals surface area contributed by atoms with Crippen LogP contribution in [-0.4, -0.2) is 48.1 Å². The van der Waals surface area contributed by atoms with Crippen molar-refractivity contribution in [2.75, 3.05) is 20.3 Å². The summed E-state index contributed by atoms with van der Waals surface area (Å²) in [5, 5.41) is 11.9. The molecule has 182 valence electrons. The Labute approximate surface area is 207 Å². The van der Waals surface area contributed by atoms with E-state index in [0.717, 1.165) is 30.4 Å². The van der Waals surface area contributed by atoms with E-state index in [9.17, 15) is 14.7 Å². The number of benzene rings is 2. The molecule has 0 bridgehead atoms. The fourth-order valence-corrected chi connectivity index (χ4v) is 5.06. The number of Topliss-reactive ketones (excluding diaryl/α,β-unsaturated/α-hetero) is 1. The molecule has 1 fully saturated rings. The lowest BCUT2D eigenvalue weighted by Crippen LogP contribution is -2.37. The second-order valence-corrected chi connectivity index (χ2v) is 9.26. The van der Waals surface area contributed by atoms with Crippen molar-refractivity contribution in [2.45, 2.75) is 38.3 Å². The van der Waals surface area contributed by atoms with Crippen molar-refractivity contribution in [3.63, 3.8) is 0 Å². The van der Waals surface area contributed by atoms with Crippen molar-refractivity contribution in [3.8, 4) is 5.75 Å². The van der Waals surface area contributed by atoms with Gasteiger partial charge < -0.3 is 23.9 Å². The van der Waals surface area contributed by atoms with E-state index in [1.807, 2.05) is 24.3 Å². The molecule has 2 aliphatic heterocycles. The number of halogens is 1. The summed E-state index contributed by atoms with van der Waals surface area (Å²) < 4.78 is 17.0. The van der Waals surface area contributed by atoms with Gasteiger partial charge in [-0.1, -0.05) is 42.8 Å². The number of carbonyl (C=O) groups excluding carboxylic acids is 2. The molecule has 3 heterocycles. The largest absolute Gasteiger partial charge is 0.503 e. The number of rotatable bonds is 7. The summed E-state index contributed by atoms with van der Waals surface area (Å²) in [4.78, 5) is 28.5. The van der Waals surface area contributed by atoms with Crippen LogP contribution in [0.1, 0.15) is 47.5 Å². The van der Waals surface area contributed by atoms with Crippen molar-refractivity contribution < 1.29 is 28.6 Å². The minimum absolute atomic E-state index is 0.0101. The van der Waals surface area contributed by atoms with E-state index < -0.39 is 23.5 Å². The molecule has 2 aliphatic rings. The summed E-state index contributed by atoms with van der Waals surface area (Å²) in [5.41, 5.74) is 2.22. The van der Waals surface area contributed by atoms with Crippen LogP contribution in [0.5, 0.6) is 5.75 Å². The van der Waals surface area contributed by atoms with Crippen molar-refractivity contribution in [3.05, 3.63) is 75.7 Å². The summed E-state index contributed by atoms with van der Waals surface area (Å²) in [7, 11) is 1.48. The molecule has 1 N–H and O–H groups in total. The number of hydrogen-bond donors (Lipinski definition) is 1. The average molecular weight is 496 g/mol. The van der Waals surface area contributed by atoms with Crippen LogP contribution in [0.2, 0.25) is 5.02 Å². The number of carbonyl (C=O) groups is 2. The number of fused-ring (bicyclic) bond motifs is 1. The van der Waals surface area contributed by atoms with Gasteiger partial charge in [0.2, 0.25) is 5.78 Å². The molecule has 2 unspecified atom stereocenters. The zero-order valence-corrected chi connectivity index (χ0v) is 20.3. The third kappa shape index (κ3) is 4.19. The second-order valence-electron chi connectivity index (χ2n) is 8.82. The third-order valence-corrected chi connectivity index (χ3v) is 6.89. The van der Waals surface area contributed by atoms with Gasteiger partial charge in [-0.15, -0.1) is 0 Å². The lowest BCUT2D eigenvalue weighted by Gasteiger charge is -2.28. The Morgan fingerprint density at radius 2 is 2.00 bits per heavy atom. The Kier molecular flexibility index (Phi) is 6.30. The van der Waals surface area contributed by atoms with Crippen molar-refractivity contribution in [1.82, 2.24) is 4.90 Å². The highest BCUT2D eigenvalue weighted by Gasteiger charge is 2.45. The number of ether oxygens (including phenoxy) is 2. The van der Waals surface area contributed by atoms with Crippen LogP contribution in [0, 0.1) is 0 Å². The highest BCUT2D eigenvalue weighted by Crippen LogP contribution is 2.41. The standard InChI is InChI=1S/C27H26ClNO6/c1-3-15-6-8-16(9-7-15)23-22(25(31)27(32)29(23)14-19-5-4-10-34-19)24(30)20-12-17-11-18(28)13-21(33-2)26(17)35-20/h6-9,11-13,19,23,31H,3-5,10,14H2,1-2H3. The van der Waals surface area contributed by atoms with Gasteiger partial charge in [0.05, 0.1) is 24.8 Å². The van der Waals surface area contributed by atoms with Crippen LogP contribution in [0.25, 0.3) is 11.0 Å². The first-order valence-corrected chi connectivity index (χ1v) is 12.0. The molecule has 0 spiro atoms. The normalized spacial score (nSPS) is 20.3. The first kappa shape index (κ1) is 23.5. The van der Waals surface area contributed by atoms with E-state index in [1.165, 1.54) is 12.0 Å². The van der Waals surface area contributed by atoms with Crippen molar-refractivity contribution in [2.24, 2.45) is 0 Å². The van der Waals surface area contributed by atoms with Crippen LogP contribution < -0.4 is 4.74 Å². The van der Waals surface area contributed by atoms with E-state index in [4.69, 9.17) is 25.5 Å². The molecule has 2 aromatic carbocycles. The molecular formula is C27H26ClNO6. The zero-order valence-electron chi connectivity index (χ0n) is 19.5. The molecule has 1 saturated heterocycles. The quantitative estimate of drug-likeness (QED) is 0.440. The number of nitrogens with zero attached hydrogens (tertiary/aromatic N) is 1. The molecule has 1 amide bonds. The van der Waals surface area contributed by atoms with Gasteiger partial charge in [-0.05, 0) is 42.5 Å². The molecule has 0 aliphatic carbocycles. The first-order valence-electron chi connectivity index (χ1n) is 11.7. The van der Waals surface area contributed by atoms with Crippen LogP contribution in [0.3, 0.4) is 0 Å². The summed E-state index contributed by atoms with van der Waals surface area (Å²) in [6.07, 6.45) is 2.45. The predicted molar refractivity (Wildman–Crippen MR) is 131 cm³/mol. The maximum atomic E-state index is 13.8. The van der Waals surface area contributed by atoms with E-state index in [2.05, 4.69) is 6.92 Å². The highest BCUT2D eigenvalue weighted by molar-refractivity contribution is 6.31.